The van der Waals surface area contributed by atoms with E-state index in [0.717, 1.165) is 0 Å². The van der Waals surface area contributed by atoms with Crippen molar-refractivity contribution in [1.29, 1.82) is 0 Å². The molecular formula is C6H9F3O4S. The van der Waals surface area contributed by atoms with Crippen LogP contribution in [0.4, 0.5) is 13.2 Å². The third-order valence-corrected chi connectivity index (χ3v) is 3.58. The molecular weight excluding hydrogens is 225 g/mol. The van der Waals surface area contributed by atoms with Crippen molar-refractivity contribution in [2.45, 2.75) is 24.8 Å². The summed E-state index contributed by atoms with van der Waals surface area (Å²) in [6.07, 6.45) is -5.28. The van der Waals surface area contributed by atoms with Gasteiger partial charge in [0, 0.05) is 0 Å². The molecule has 0 saturated heterocycles. The smallest absolute Gasteiger partial charge is 0.402 e. The van der Waals surface area contributed by atoms with Gasteiger partial charge in [-0.25, -0.2) is 8.42 Å². The molecule has 1 N–H and O–H groups in total. The van der Waals surface area contributed by atoms with Crippen LogP contribution in [0, 0.1) is 0 Å². The maximum absolute atomic E-state index is 11.7. The molecule has 4 nitrogen and oxygen atoms in total. The van der Waals surface area contributed by atoms with Crippen LogP contribution in [0.25, 0.3) is 0 Å². The van der Waals surface area contributed by atoms with Gasteiger partial charge >= 0.3 is 12.1 Å². The highest BCUT2D eigenvalue weighted by atomic mass is 32.2. The summed E-state index contributed by atoms with van der Waals surface area (Å²) >= 11 is 0. The quantitative estimate of drug-likeness (QED) is 0.781. The molecule has 0 rings (SSSR count). The zero-order chi connectivity index (χ0) is 11.6. The van der Waals surface area contributed by atoms with Crippen LogP contribution in [-0.4, -0.2) is 36.7 Å². The van der Waals surface area contributed by atoms with E-state index in [1.165, 1.54) is 6.92 Å². The fraction of sp³-hybridized carbons (Fsp3) is 0.833. The SMILES string of the molecule is CCC(C(=O)O)S(=O)(=O)CC(F)(F)F. The van der Waals surface area contributed by atoms with Crippen molar-refractivity contribution >= 4 is 15.8 Å². The van der Waals surface area contributed by atoms with Crippen LogP contribution in [0.15, 0.2) is 0 Å². The Hall–Kier alpha value is -0.790. The summed E-state index contributed by atoms with van der Waals surface area (Å²) in [5.74, 6) is -3.85. The molecule has 0 aliphatic heterocycles. The number of halogens is 3. The van der Waals surface area contributed by atoms with Crippen LogP contribution in [0.5, 0.6) is 0 Å². The van der Waals surface area contributed by atoms with E-state index < -0.39 is 33.0 Å². The Balaban J connectivity index is 4.86. The third kappa shape index (κ3) is 3.95. The number of hydrogen-bond donors (Lipinski definition) is 1. The topological polar surface area (TPSA) is 71.4 Å². The number of aliphatic carboxylic acids is 1. The van der Waals surface area contributed by atoms with E-state index in [-0.39, 0.29) is 6.42 Å². The first-order chi connectivity index (χ1) is 6.10. The first-order valence-electron chi connectivity index (χ1n) is 3.61. The average molecular weight is 234 g/mol. The number of carboxylic acids is 1. The zero-order valence-corrected chi connectivity index (χ0v) is 8.02. The van der Waals surface area contributed by atoms with Crippen LogP contribution in [0.2, 0.25) is 0 Å². The molecule has 1 unspecified atom stereocenters. The Morgan fingerprint density at radius 1 is 1.43 bits per heavy atom. The van der Waals surface area contributed by atoms with Gasteiger partial charge in [-0.3, -0.25) is 4.79 Å². The average Bonchev–Trinajstić information content (AvgIpc) is 1.79. The Labute approximate surface area is 78.6 Å². The molecule has 14 heavy (non-hydrogen) atoms. The maximum Gasteiger partial charge on any atom is 0.402 e. The van der Waals surface area contributed by atoms with Gasteiger partial charge < -0.3 is 5.11 Å². The Morgan fingerprint density at radius 3 is 2.07 bits per heavy atom. The Kier molecular flexibility index (Phi) is 3.92. The minimum Gasteiger partial charge on any atom is -0.480 e. The van der Waals surface area contributed by atoms with Crippen LogP contribution in [0.3, 0.4) is 0 Å². The van der Waals surface area contributed by atoms with Crippen molar-refractivity contribution in [2.75, 3.05) is 5.75 Å². The molecule has 1 atom stereocenters. The Morgan fingerprint density at radius 2 is 1.86 bits per heavy atom. The summed E-state index contributed by atoms with van der Waals surface area (Å²) < 4.78 is 57.1. The van der Waals surface area contributed by atoms with Gasteiger partial charge in [0.2, 0.25) is 0 Å². The first-order valence-corrected chi connectivity index (χ1v) is 5.33. The molecule has 0 saturated carbocycles. The molecule has 0 heterocycles. The lowest BCUT2D eigenvalue weighted by Gasteiger charge is -2.12. The van der Waals surface area contributed by atoms with Crippen LogP contribution < -0.4 is 0 Å². The van der Waals surface area contributed by atoms with Gasteiger partial charge in [0.15, 0.2) is 15.1 Å². The van der Waals surface area contributed by atoms with Crippen molar-refractivity contribution in [2.24, 2.45) is 0 Å². The molecule has 0 aromatic rings. The predicted octanol–water partition coefficient (Wildman–Crippen LogP) is 0.827. The monoisotopic (exact) mass is 234 g/mol. The number of sulfone groups is 1. The largest absolute Gasteiger partial charge is 0.480 e. The highest BCUT2D eigenvalue weighted by Crippen LogP contribution is 2.21. The number of carbonyl (C=O) groups is 1. The van der Waals surface area contributed by atoms with Crippen LogP contribution in [-0.2, 0) is 14.6 Å². The molecule has 8 heteroatoms. The summed E-state index contributed by atoms with van der Waals surface area (Å²) in [7, 11) is -4.65. The summed E-state index contributed by atoms with van der Waals surface area (Å²) in [6, 6.07) is 0. The first kappa shape index (κ1) is 13.2. The van der Waals surface area contributed by atoms with Gasteiger partial charge in [-0.15, -0.1) is 0 Å². The van der Waals surface area contributed by atoms with Crippen molar-refractivity contribution in [1.82, 2.24) is 0 Å². The molecule has 0 aliphatic rings. The lowest BCUT2D eigenvalue weighted by atomic mass is 10.3. The van der Waals surface area contributed by atoms with Gasteiger partial charge in [-0.1, -0.05) is 6.92 Å². The highest BCUT2D eigenvalue weighted by Gasteiger charge is 2.41. The predicted molar refractivity (Wildman–Crippen MR) is 41.6 cm³/mol. The van der Waals surface area contributed by atoms with Gasteiger partial charge in [0.25, 0.3) is 0 Å². The van der Waals surface area contributed by atoms with E-state index in [2.05, 4.69) is 0 Å². The second-order valence-electron chi connectivity index (χ2n) is 2.66. The molecule has 0 bridgehead atoms. The van der Waals surface area contributed by atoms with E-state index in [1.54, 1.807) is 0 Å². The Bertz CT molecular complexity index is 306. The highest BCUT2D eigenvalue weighted by molar-refractivity contribution is 7.92. The van der Waals surface area contributed by atoms with Gasteiger partial charge in [0.1, 0.15) is 5.75 Å². The summed E-state index contributed by atoms with van der Waals surface area (Å²) in [5.41, 5.74) is 0. The molecule has 0 spiro atoms. The molecule has 0 aliphatic carbocycles. The van der Waals surface area contributed by atoms with Crippen molar-refractivity contribution < 1.29 is 31.5 Å². The molecule has 0 aromatic heterocycles. The standard InChI is InChI=1S/C6H9F3O4S/c1-2-4(5(10)11)14(12,13)3-6(7,8)9/h4H,2-3H2,1H3,(H,10,11). The second-order valence-corrected chi connectivity index (χ2v) is 4.84. The fourth-order valence-corrected chi connectivity index (χ4v) is 2.38. The summed E-state index contributed by atoms with van der Waals surface area (Å²) in [4.78, 5) is 10.3. The summed E-state index contributed by atoms with van der Waals surface area (Å²) in [6.45, 7) is 1.20. The minimum atomic E-state index is -4.90. The third-order valence-electron chi connectivity index (χ3n) is 1.44. The normalized spacial score (nSPS) is 15.1. The van der Waals surface area contributed by atoms with E-state index in [9.17, 15) is 26.4 Å². The molecule has 0 amide bonds. The number of hydrogen-bond acceptors (Lipinski definition) is 3. The second kappa shape index (κ2) is 4.16. The lowest BCUT2D eigenvalue weighted by molar-refractivity contribution is -0.136. The van der Waals surface area contributed by atoms with E-state index in [4.69, 9.17) is 5.11 Å². The molecule has 0 radical (unpaired) electrons. The minimum absolute atomic E-state index is 0.381. The number of carboxylic acid groups (broad SMARTS) is 1. The maximum atomic E-state index is 11.7. The van der Waals surface area contributed by atoms with E-state index in [1.807, 2.05) is 0 Å². The van der Waals surface area contributed by atoms with Crippen molar-refractivity contribution in [3.05, 3.63) is 0 Å². The molecule has 0 aromatic carbocycles. The van der Waals surface area contributed by atoms with Crippen LogP contribution in [0.1, 0.15) is 13.3 Å². The van der Waals surface area contributed by atoms with E-state index in [0.29, 0.717) is 0 Å². The van der Waals surface area contributed by atoms with Crippen molar-refractivity contribution in [3.8, 4) is 0 Å². The lowest BCUT2D eigenvalue weighted by Crippen LogP contribution is -2.36. The number of rotatable bonds is 4. The van der Waals surface area contributed by atoms with Gasteiger partial charge in [-0.05, 0) is 6.42 Å². The van der Waals surface area contributed by atoms with Crippen LogP contribution >= 0.6 is 0 Å². The molecule has 0 fully saturated rings. The van der Waals surface area contributed by atoms with Crippen molar-refractivity contribution in [3.63, 3.8) is 0 Å². The summed E-state index contributed by atoms with van der Waals surface area (Å²) in [5, 5.41) is 6.38. The fourth-order valence-electron chi connectivity index (χ4n) is 0.911. The number of alkyl halides is 3. The van der Waals surface area contributed by atoms with Gasteiger partial charge in [0.05, 0.1) is 0 Å². The zero-order valence-electron chi connectivity index (χ0n) is 7.21. The van der Waals surface area contributed by atoms with Gasteiger partial charge in [-0.2, -0.15) is 13.2 Å². The van der Waals surface area contributed by atoms with E-state index >= 15 is 0 Å². The molecule has 84 valence electrons.